The van der Waals surface area contributed by atoms with Crippen LogP contribution in [0.15, 0.2) is 0 Å². The molecule has 0 aromatic heterocycles. The van der Waals surface area contributed by atoms with Crippen molar-refractivity contribution in [3.63, 3.8) is 0 Å². The number of hydrogen-bond acceptors (Lipinski definition) is 2. The fourth-order valence-corrected chi connectivity index (χ4v) is 0.0386. The summed E-state index contributed by atoms with van der Waals surface area (Å²) in [6.07, 6.45) is 0. The molecule has 0 aromatic carbocycles. The van der Waals surface area contributed by atoms with Crippen LogP contribution in [0.4, 0.5) is 4.39 Å². The summed E-state index contributed by atoms with van der Waals surface area (Å²) in [5.74, 6) is -1.07. The quantitative estimate of drug-likeness (QED) is 0.429. The third-order valence-corrected chi connectivity index (χ3v) is 0.263. The highest BCUT2D eigenvalue weighted by Crippen LogP contribution is 1.78. The molecule has 0 N–H and O–H groups in total. The predicted octanol–water partition coefficient (Wildman–Crippen LogP) is 0.168. The van der Waals surface area contributed by atoms with Crippen molar-refractivity contribution in [3.05, 3.63) is 6.67 Å². The summed E-state index contributed by atoms with van der Waals surface area (Å²) in [5, 5.41) is 0. The van der Waals surface area contributed by atoms with Crippen molar-refractivity contribution in [2.75, 3.05) is 7.11 Å². The molecule has 0 aliphatic heterocycles. The first-order valence-electron chi connectivity index (χ1n) is 1.26. The van der Waals surface area contributed by atoms with Crippen molar-refractivity contribution in [1.29, 1.82) is 0 Å². The smallest absolute Gasteiger partial charge is 0.352 e. The molecule has 0 saturated carbocycles. The van der Waals surface area contributed by atoms with Crippen molar-refractivity contribution >= 4 is 5.97 Å². The van der Waals surface area contributed by atoms with Gasteiger partial charge in [0.2, 0.25) is 0 Å². The van der Waals surface area contributed by atoms with Crippen LogP contribution >= 0.6 is 0 Å². The third kappa shape index (κ3) is 1.69. The summed E-state index contributed by atoms with van der Waals surface area (Å²) >= 11 is 0. The van der Waals surface area contributed by atoms with Gasteiger partial charge in [-0.1, -0.05) is 0 Å². The fourth-order valence-electron chi connectivity index (χ4n) is 0.0386. The number of methoxy groups -OCH3 is 1. The summed E-state index contributed by atoms with van der Waals surface area (Å²) in [6.45, 7) is 0.753. The Morgan fingerprint density at radius 1 is 2.00 bits per heavy atom. The van der Waals surface area contributed by atoms with E-state index in [1.807, 2.05) is 0 Å². The van der Waals surface area contributed by atoms with E-state index in [1.54, 1.807) is 0 Å². The Labute approximate surface area is 34.9 Å². The minimum Gasteiger partial charge on any atom is -0.466 e. The van der Waals surface area contributed by atoms with E-state index in [-0.39, 0.29) is 0 Å². The Bertz CT molecular complexity index is 46.8. The van der Waals surface area contributed by atoms with Crippen LogP contribution < -0.4 is 0 Å². The van der Waals surface area contributed by atoms with Crippen LogP contribution in [0.5, 0.6) is 0 Å². The molecule has 0 heterocycles. The van der Waals surface area contributed by atoms with E-state index < -0.39 is 5.97 Å². The van der Waals surface area contributed by atoms with Crippen molar-refractivity contribution in [2.24, 2.45) is 0 Å². The Morgan fingerprint density at radius 2 is 2.50 bits per heavy atom. The molecule has 34 valence electrons. The molecule has 0 unspecified atom stereocenters. The van der Waals surface area contributed by atoms with Gasteiger partial charge in [-0.3, -0.25) is 0 Å². The zero-order valence-electron chi connectivity index (χ0n) is 3.19. The first-order valence-corrected chi connectivity index (χ1v) is 1.26. The highest BCUT2D eigenvalue weighted by atomic mass is 19.1. The van der Waals surface area contributed by atoms with E-state index in [2.05, 4.69) is 4.74 Å². The normalized spacial score (nSPS) is 7.67. The monoisotopic (exact) mass is 90.0 g/mol. The number of rotatable bonds is 1. The lowest BCUT2D eigenvalue weighted by Gasteiger charge is -1.83. The van der Waals surface area contributed by atoms with E-state index in [0.29, 0.717) is 0 Å². The van der Waals surface area contributed by atoms with Crippen molar-refractivity contribution in [2.45, 2.75) is 0 Å². The Kier molecular flexibility index (Phi) is 2.36. The standard InChI is InChI=1S/C3H3FO2/c1-6-3(5)2-4/h1H3. The second-order valence-corrected chi connectivity index (χ2v) is 0.586. The molecule has 2 radical (unpaired) electrons. The van der Waals surface area contributed by atoms with E-state index in [9.17, 15) is 9.18 Å². The van der Waals surface area contributed by atoms with Gasteiger partial charge in [0.15, 0.2) is 0 Å². The van der Waals surface area contributed by atoms with Crippen LogP contribution in [0.25, 0.3) is 0 Å². The Balaban J connectivity index is 2.99. The lowest BCUT2D eigenvalue weighted by Crippen LogP contribution is -1.95. The molecule has 0 saturated heterocycles. The summed E-state index contributed by atoms with van der Waals surface area (Å²) < 4.78 is 14.4. The van der Waals surface area contributed by atoms with Gasteiger partial charge in [-0.2, -0.15) is 0 Å². The van der Waals surface area contributed by atoms with Crippen LogP contribution in [-0.4, -0.2) is 13.1 Å². The van der Waals surface area contributed by atoms with Gasteiger partial charge in [0.05, 0.1) is 7.11 Å². The van der Waals surface area contributed by atoms with Gasteiger partial charge in [0, 0.05) is 0 Å². The second-order valence-electron chi connectivity index (χ2n) is 0.586. The highest BCUT2D eigenvalue weighted by Gasteiger charge is 1.95. The molecule has 0 atom stereocenters. The molecule has 0 aromatic rings. The van der Waals surface area contributed by atoms with Gasteiger partial charge in [-0.25, -0.2) is 9.18 Å². The largest absolute Gasteiger partial charge is 0.466 e. The van der Waals surface area contributed by atoms with E-state index in [4.69, 9.17) is 0 Å². The van der Waals surface area contributed by atoms with Gasteiger partial charge in [-0.05, 0) is 0 Å². The molecule has 0 rings (SSSR count). The van der Waals surface area contributed by atoms with Gasteiger partial charge < -0.3 is 4.74 Å². The summed E-state index contributed by atoms with van der Waals surface area (Å²) in [6, 6.07) is 0. The molecule has 6 heavy (non-hydrogen) atoms. The molecule has 0 aliphatic rings. The van der Waals surface area contributed by atoms with Crippen LogP contribution in [-0.2, 0) is 9.53 Å². The summed E-state index contributed by atoms with van der Waals surface area (Å²) in [4.78, 5) is 9.47. The average molecular weight is 90.1 g/mol. The zero-order chi connectivity index (χ0) is 4.99. The number of carbonyl (C=O) groups excluding carboxylic acids is 1. The molecule has 0 fully saturated rings. The third-order valence-electron chi connectivity index (χ3n) is 0.263. The van der Waals surface area contributed by atoms with Crippen LogP contribution in [0.2, 0.25) is 0 Å². The summed E-state index contributed by atoms with van der Waals surface area (Å²) in [7, 11) is 1.08. The van der Waals surface area contributed by atoms with Gasteiger partial charge in [-0.15, -0.1) is 0 Å². The number of esters is 1. The molecule has 0 spiro atoms. The molecular formula is C3H3FO2. The lowest BCUT2D eigenvalue weighted by atomic mass is 10.8. The summed E-state index contributed by atoms with van der Waals surface area (Å²) in [5.41, 5.74) is 0. The first kappa shape index (κ1) is 5.40. The minimum absolute atomic E-state index is 0.753. The Morgan fingerprint density at radius 3 is 2.50 bits per heavy atom. The molecule has 0 amide bonds. The Hall–Kier alpha value is -0.600. The van der Waals surface area contributed by atoms with Crippen molar-refractivity contribution in [1.82, 2.24) is 0 Å². The van der Waals surface area contributed by atoms with Crippen LogP contribution in [0, 0.1) is 6.67 Å². The second kappa shape index (κ2) is 2.63. The molecule has 2 nitrogen and oxygen atoms in total. The molecular weight excluding hydrogens is 87.0 g/mol. The average Bonchev–Trinajstić information content (AvgIpc) is 1.65. The minimum atomic E-state index is -1.07. The molecule has 3 heteroatoms. The topological polar surface area (TPSA) is 26.3 Å². The number of halogens is 1. The molecule has 0 aliphatic carbocycles. The van der Waals surface area contributed by atoms with E-state index in [1.165, 1.54) is 0 Å². The van der Waals surface area contributed by atoms with Crippen LogP contribution in [0.3, 0.4) is 0 Å². The van der Waals surface area contributed by atoms with Gasteiger partial charge >= 0.3 is 12.6 Å². The predicted molar refractivity (Wildman–Crippen MR) is 16.4 cm³/mol. The number of hydrogen-bond donors (Lipinski definition) is 0. The molecule has 0 bridgehead atoms. The van der Waals surface area contributed by atoms with E-state index >= 15 is 0 Å². The van der Waals surface area contributed by atoms with Crippen molar-refractivity contribution < 1.29 is 13.9 Å². The van der Waals surface area contributed by atoms with Gasteiger partial charge in [0.1, 0.15) is 0 Å². The fraction of sp³-hybridized carbons (Fsp3) is 0.333. The number of ether oxygens (including phenoxy) is 1. The first-order chi connectivity index (χ1) is 2.81. The zero-order valence-corrected chi connectivity index (χ0v) is 3.19. The maximum absolute atomic E-state index is 10.7. The van der Waals surface area contributed by atoms with Crippen molar-refractivity contribution in [3.8, 4) is 0 Å². The maximum atomic E-state index is 10.7. The SMILES string of the molecule is COC(=O)[C]F. The van der Waals surface area contributed by atoms with E-state index in [0.717, 1.165) is 13.8 Å². The maximum Gasteiger partial charge on any atom is 0.352 e. The van der Waals surface area contributed by atoms with Crippen LogP contribution in [0.1, 0.15) is 0 Å². The van der Waals surface area contributed by atoms with Gasteiger partial charge in [0.25, 0.3) is 0 Å². The highest BCUT2D eigenvalue weighted by molar-refractivity contribution is 5.76. The lowest BCUT2D eigenvalue weighted by molar-refractivity contribution is -0.138. The number of carbonyl (C=O) groups is 1.